The Bertz CT molecular complexity index is 473. The molecule has 0 fully saturated rings. The van der Waals surface area contributed by atoms with Gasteiger partial charge in [0.1, 0.15) is 0 Å². The van der Waals surface area contributed by atoms with Crippen LogP contribution in [0.3, 0.4) is 0 Å². The van der Waals surface area contributed by atoms with Crippen molar-refractivity contribution in [1.29, 1.82) is 0 Å². The number of aliphatic imine (C=N–C) groups is 1. The van der Waals surface area contributed by atoms with Crippen LogP contribution in [0.15, 0.2) is 23.2 Å². The number of aryl methyl sites for hydroxylation is 1. The summed E-state index contributed by atoms with van der Waals surface area (Å²) in [5.74, 6) is 0.522. The second kappa shape index (κ2) is 9.25. The third-order valence-corrected chi connectivity index (χ3v) is 3.96. The summed E-state index contributed by atoms with van der Waals surface area (Å²) in [5.41, 5.74) is 10.00. The number of nitrogens with two attached hydrogens (primary N) is 1. The third-order valence-electron chi connectivity index (χ3n) is 3.96. The number of rotatable bonds is 5. The van der Waals surface area contributed by atoms with Crippen LogP contribution in [-0.2, 0) is 12.8 Å². The van der Waals surface area contributed by atoms with Crippen LogP contribution >= 0.6 is 24.0 Å². The molecule has 5 heteroatoms. The molecule has 0 spiro atoms. The van der Waals surface area contributed by atoms with Gasteiger partial charge in [0.2, 0.25) is 0 Å². The Kier molecular flexibility index (Phi) is 8.03. The molecule has 0 radical (unpaired) electrons. The van der Waals surface area contributed by atoms with E-state index in [4.69, 9.17) is 5.73 Å². The van der Waals surface area contributed by atoms with E-state index in [1.807, 2.05) is 0 Å². The third kappa shape index (κ3) is 5.47. The fourth-order valence-corrected chi connectivity index (χ4v) is 2.58. The monoisotopic (exact) mass is 402 g/mol. The Hall–Kier alpha value is -0.820. The van der Waals surface area contributed by atoms with Crippen LogP contribution < -0.4 is 11.1 Å². The van der Waals surface area contributed by atoms with Crippen LogP contribution in [0.2, 0.25) is 0 Å². The highest BCUT2D eigenvalue weighted by Gasteiger charge is 2.12. The summed E-state index contributed by atoms with van der Waals surface area (Å²) in [7, 11) is 2.09. The normalized spacial score (nSPS) is 14.5. The molecule has 0 bridgehead atoms. The van der Waals surface area contributed by atoms with E-state index in [2.05, 4.69) is 47.4 Å². The van der Waals surface area contributed by atoms with Gasteiger partial charge in [-0.25, -0.2) is 0 Å². The Morgan fingerprint density at radius 1 is 1.33 bits per heavy atom. The van der Waals surface area contributed by atoms with Gasteiger partial charge in [-0.2, -0.15) is 0 Å². The highest BCUT2D eigenvalue weighted by atomic mass is 127. The minimum absolute atomic E-state index is 0. The zero-order valence-electron chi connectivity index (χ0n) is 13.1. The molecule has 1 aromatic carbocycles. The molecule has 3 N–H and O–H groups in total. The fraction of sp³-hybridized carbons (Fsp3) is 0.562. The maximum Gasteiger partial charge on any atom is 0.193 e. The number of nitrogens with one attached hydrogen (secondary N) is 1. The molecule has 4 nitrogen and oxygen atoms in total. The molecule has 0 aromatic heterocycles. The number of likely N-dealkylation sites (N-methyl/N-ethyl adjacent to an activating group) is 1. The second-order valence-electron chi connectivity index (χ2n) is 5.44. The number of hydrogen-bond acceptors (Lipinski definition) is 2. The molecule has 1 aliphatic rings. The number of anilines is 1. The van der Waals surface area contributed by atoms with Crippen molar-refractivity contribution in [3.05, 3.63) is 29.3 Å². The molecule has 0 aliphatic heterocycles. The van der Waals surface area contributed by atoms with E-state index >= 15 is 0 Å². The molecular weight excluding hydrogens is 375 g/mol. The van der Waals surface area contributed by atoms with E-state index < -0.39 is 0 Å². The molecule has 0 saturated heterocycles. The largest absolute Gasteiger partial charge is 0.370 e. The van der Waals surface area contributed by atoms with Gasteiger partial charge in [0.05, 0.1) is 6.54 Å². The van der Waals surface area contributed by atoms with Crippen LogP contribution in [0.1, 0.15) is 30.9 Å². The Morgan fingerprint density at radius 2 is 2.10 bits per heavy atom. The predicted molar refractivity (Wildman–Crippen MR) is 102 cm³/mol. The number of hydrogen-bond donors (Lipinski definition) is 2. The lowest BCUT2D eigenvalue weighted by molar-refractivity contribution is 0.363. The molecule has 1 aromatic rings. The van der Waals surface area contributed by atoms with Crippen LogP contribution in [-0.4, -0.2) is 37.5 Å². The topological polar surface area (TPSA) is 53.6 Å². The van der Waals surface area contributed by atoms with Crippen molar-refractivity contribution in [2.24, 2.45) is 10.7 Å². The maximum absolute atomic E-state index is 5.99. The van der Waals surface area contributed by atoms with Crippen molar-refractivity contribution in [2.45, 2.75) is 32.6 Å². The van der Waals surface area contributed by atoms with E-state index in [1.165, 1.54) is 30.4 Å². The number of benzene rings is 1. The lowest BCUT2D eigenvalue weighted by atomic mass is 9.90. The van der Waals surface area contributed by atoms with E-state index in [-0.39, 0.29) is 24.0 Å². The minimum Gasteiger partial charge on any atom is -0.370 e. The first-order valence-electron chi connectivity index (χ1n) is 7.57. The summed E-state index contributed by atoms with van der Waals surface area (Å²) in [6, 6.07) is 6.43. The van der Waals surface area contributed by atoms with E-state index in [9.17, 15) is 0 Å². The van der Waals surface area contributed by atoms with Crippen LogP contribution in [0.25, 0.3) is 0 Å². The second-order valence-corrected chi connectivity index (χ2v) is 5.44. The fourth-order valence-electron chi connectivity index (χ4n) is 2.58. The van der Waals surface area contributed by atoms with Crippen molar-refractivity contribution in [1.82, 2.24) is 4.90 Å². The average Bonchev–Trinajstić information content (AvgIpc) is 2.47. The van der Waals surface area contributed by atoms with Crippen molar-refractivity contribution < 1.29 is 0 Å². The van der Waals surface area contributed by atoms with E-state index in [0.717, 1.165) is 31.7 Å². The van der Waals surface area contributed by atoms with Gasteiger partial charge in [0.25, 0.3) is 0 Å². The van der Waals surface area contributed by atoms with Gasteiger partial charge in [-0.1, -0.05) is 19.1 Å². The molecule has 1 aliphatic carbocycles. The molecule has 118 valence electrons. The number of nitrogens with zero attached hydrogens (tertiary/aromatic N) is 2. The molecule has 21 heavy (non-hydrogen) atoms. The Labute approximate surface area is 145 Å². The maximum atomic E-state index is 5.99. The molecule has 0 atom stereocenters. The van der Waals surface area contributed by atoms with Crippen LogP contribution in [0, 0.1) is 0 Å². The number of halogens is 1. The van der Waals surface area contributed by atoms with Crippen molar-refractivity contribution in [2.75, 3.05) is 32.0 Å². The summed E-state index contributed by atoms with van der Waals surface area (Å²) in [5, 5.41) is 3.27. The first-order chi connectivity index (χ1) is 9.70. The van der Waals surface area contributed by atoms with Gasteiger partial charge < -0.3 is 16.0 Å². The lowest BCUT2D eigenvalue weighted by Gasteiger charge is -2.20. The summed E-state index contributed by atoms with van der Waals surface area (Å²) in [4.78, 5) is 6.62. The SMILES string of the molecule is CCN(C)CCN=C(N)Nc1cccc2c1CCCC2.I. The molecule has 2 rings (SSSR count). The van der Waals surface area contributed by atoms with Crippen molar-refractivity contribution in [3.8, 4) is 0 Å². The molecule has 0 saturated carbocycles. The van der Waals surface area contributed by atoms with Crippen LogP contribution in [0.5, 0.6) is 0 Å². The molecule has 0 unspecified atom stereocenters. The van der Waals surface area contributed by atoms with E-state index in [1.54, 1.807) is 0 Å². The summed E-state index contributed by atoms with van der Waals surface area (Å²) < 4.78 is 0. The van der Waals surface area contributed by atoms with E-state index in [0.29, 0.717) is 5.96 Å². The van der Waals surface area contributed by atoms with Crippen molar-refractivity contribution >= 4 is 35.6 Å². The first-order valence-corrected chi connectivity index (χ1v) is 7.57. The summed E-state index contributed by atoms with van der Waals surface area (Å²) in [6.45, 7) is 4.85. The van der Waals surface area contributed by atoms with Gasteiger partial charge in [-0.05, 0) is 56.5 Å². The van der Waals surface area contributed by atoms with Crippen LogP contribution in [0.4, 0.5) is 5.69 Å². The zero-order valence-corrected chi connectivity index (χ0v) is 15.4. The quantitative estimate of drug-likeness (QED) is 0.453. The van der Waals surface area contributed by atoms with Gasteiger partial charge in [-0.3, -0.25) is 4.99 Å². The highest BCUT2D eigenvalue weighted by Crippen LogP contribution is 2.27. The Morgan fingerprint density at radius 3 is 2.86 bits per heavy atom. The smallest absolute Gasteiger partial charge is 0.193 e. The highest BCUT2D eigenvalue weighted by molar-refractivity contribution is 14.0. The average molecular weight is 402 g/mol. The lowest BCUT2D eigenvalue weighted by Crippen LogP contribution is -2.26. The van der Waals surface area contributed by atoms with Gasteiger partial charge >= 0.3 is 0 Å². The standard InChI is InChI=1S/C16H26N4.HI/c1-3-20(2)12-11-18-16(17)19-15-10-6-8-13-7-4-5-9-14(13)15;/h6,8,10H,3-5,7,9,11-12H2,1-2H3,(H3,17,18,19);1H. The van der Waals surface area contributed by atoms with Gasteiger partial charge in [0.15, 0.2) is 5.96 Å². The molecular formula is C16H27IN4. The minimum atomic E-state index is 0. The van der Waals surface area contributed by atoms with Gasteiger partial charge in [-0.15, -0.1) is 24.0 Å². The number of fused-ring (bicyclic) bond motifs is 1. The number of guanidine groups is 1. The van der Waals surface area contributed by atoms with Crippen molar-refractivity contribution in [3.63, 3.8) is 0 Å². The molecule has 0 amide bonds. The summed E-state index contributed by atoms with van der Waals surface area (Å²) in [6.07, 6.45) is 4.89. The summed E-state index contributed by atoms with van der Waals surface area (Å²) >= 11 is 0. The Balaban J connectivity index is 0.00000220. The van der Waals surface area contributed by atoms with Gasteiger partial charge in [0, 0.05) is 12.2 Å². The zero-order chi connectivity index (χ0) is 14.4. The predicted octanol–water partition coefficient (Wildman–Crippen LogP) is 2.86. The first kappa shape index (κ1) is 18.2. The molecule has 0 heterocycles.